The molecule has 0 saturated carbocycles. The van der Waals surface area contributed by atoms with Crippen LogP contribution in [-0.4, -0.2) is 25.2 Å². The van der Waals surface area contributed by atoms with E-state index in [1.807, 2.05) is 48.5 Å². The molecule has 0 bridgehead atoms. The Hall–Kier alpha value is -3.54. The molecule has 5 rings (SSSR count). The van der Waals surface area contributed by atoms with Crippen LogP contribution in [0.2, 0.25) is 0 Å². The Kier molecular flexibility index (Phi) is 3.90. The summed E-state index contributed by atoms with van der Waals surface area (Å²) < 4.78 is 10.7. The van der Waals surface area contributed by atoms with E-state index < -0.39 is 5.92 Å². The van der Waals surface area contributed by atoms with E-state index in [0.717, 1.165) is 22.1 Å². The number of carbonyl (C=O) groups is 2. The number of hydrogen-bond acceptors (Lipinski definition) is 4. The summed E-state index contributed by atoms with van der Waals surface area (Å²) in [6, 6.07) is 19.2. The summed E-state index contributed by atoms with van der Waals surface area (Å²) in [5, 5.41) is 5.12. The van der Waals surface area contributed by atoms with Crippen molar-refractivity contribution in [2.24, 2.45) is 5.92 Å². The average molecular weight is 374 g/mol. The van der Waals surface area contributed by atoms with Gasteiger partial charge in [0.2, 0.25) is 18.6 Å². The maximum absolute atomic E-state index is 12.7. The van der Waals surface area contributed by atoms with E-state index in [9.17, 15) is 9.59 Å². The summed E-state index contributed by atoms with van der Waals surface area (Å²) in [6.45, 7) is 0.529. The minimum absolute atomic E-state index is 0.0717. The lowest BCUT2D eigenvalue weighted by molar-refractivity contribution is -0.122. The van der Waals surface area contributed by atoms with Gasteiger partial charge in [-0.1, -0.05) is 30.3 Å². The second kappa shape index (κ2) is 6.56. The van der Waals surface area contributed by atoms with Crippen molar-refractivity contribution in [1.82, 2.24) is 0 Å². The highest BCUT2D eigenvalue weighted by Crippen LogP contribution is 2.37. The maximum Gasteiger partial charge on any atom is 0.231 e. The lowest BCUT2D eigenvalue weighted by atomic mass is 10.1. The van der Waals surface area contributed by atoms with Gasteiger partial charge >= 0.3 is 0 Å². The van der Waals surface area contributed by atoms with Gasteiger partial charge in [-0.25, -0.2) is 0 Å². The van der Waals surface area contributed by atoms with E-state index in [1.165, 1.54) is 0 Å². The van der Waals surface area contributed by atoms with Gasteiger partial charge in [0, 0.05) is 30.4 Å². The largest absolute Gasteiger partial charge is 0.454 e. The Bertz CT molecular complexity index is 1090. The predicted molar refractivity (Wildman–Crippen MR) is 106 cm³/mol. The highest BCUT2D eigenvalue weighted by molar-refractivity contribution is 6.04. The molecule has 3 aromatic carbocycles. The molecule has 1 saturated heterocycles. The summed E-state index contributed by atoms with van der Waals surface area (Å²) in [4.78, 5) is 26.8. The standard InChI is InChI=1S/C22H18N2O4/c25-21-10-16(12-24(21)18-7-8-19-20(11-18)28-13-27-19)22(26)23-17-6-5-14-3-1-2-4-15(14)9-17/h1-9,11,16H,10,12-13H2,(H,23,26). The predicted octanol–water partition coefficient (Wildman–Crippen LogP) is 3.56. The number of fused-ring (bicyclic) bond motifs is 2. The summed E-state index contributed by atoms with van der Waals surface area (Å²) >= 11 is 0. The molecule has 6 heteroatoms. The Morgan fingerprint density at radius 3 is 2.68 bits per heavy atom. The van der Waals surface area contributed by atoms with Crippen LogP contribution in [0.15, 0.2) is 60.7 Å². The number of nitrogens with zero attached hydrogens (tertiary/aromatic N) is 1. The summed E-state index contributed by atoms with van der Waals surface area (Å²) in [7, 11) is 0. The molecule has 140 valence electrons. The van der Waals surface area contributed by atoms with Gasteiger partial charge in [0.1, 0.15) is 0 Å². The SMILES string of the molecule is O=C(Nc1ccc2ccccc2c1)C1CC(=O)N(c2ccc3c(c2)OCO3)C1. The van der Waals surface area contributed by atoms with Gasteiger partial charge in [0.15, 0.2) is 11.5 Å². The molecule has 0 radical (unpaired) electrons. The third-order valence-corrected chi connectivity index (χ3v) is 5.18. The normalized spacial score (nSPS) is 17.9. The fraction of sp³-hybridized carbons (Fsp3) is 0.182. The van der Waals surface area contributed by atoms with Crippen LogP contribution in [0.25, 0.3) is 10.8 Å². The Balaban J connectivity index is 1.31. The molecular formula is C22H18N2O4. The van der Waals surface area contributed by atoms with E-state index in [1.54, 1.807) is 17.0 Å². The van der Waals surface area contributed by atoms with Gasteiger partial charge in [-0.15, -0.1) is 0 Å². The number of nitrogens with one attached hydrogen (secondary N) is 1. The van der Waals surface area contributed by atoms with Crippen molar-refractivity contribution in [2.75, 3.05) is 23.6 Å². The van der Waals surface area contributed by atoms with Crippen molar-refractivity contribution >= 4 is 34.0 Å². The summed E-state index contributed by atoms with van der Waals surface area (Å²) in [5.41, 5.74) is 1.45. The van der Waals surface area contributed by atoms with Gasteiger partial charge in [0.25, 0.3) is 0 Å². The first-order valence-corrected chi connectivity index (χ1v) is 9.17. The lowest BCUT2D eigenvalue weighted by Gasteiger charge is -2.17. The number of rotatable bonds is 3. The molecule has 1 atom stereocenters. The van der Waals surface area contributed by atoms with Crippen LogP contribution in [-0.2, 0) is 9.59 Å². The lowest BCUT2D eigenvalue weighted by Crippen LogP contribution is -2.28. The molecule has 6 nitrogen and oxygen atoms in total. The third-order valence-electron chi connectivity index (χ3n) is 5.18. The van der Waals surface area contributed by atoms with Crippen LogP contribution in [0, 0.1) is 5.92 Å². The zero-order valence-corrected chi connectivity index (χ0v) is 15.1. The number of ether oxygens (including phenoxy) is 2. The molecule has 2 heterocycles. The topological polar surface area (TPSA) is 67.9 Å². The molecule has 28 heavy (non-hydrogen) atoms. The zero-order chi connectivity index (χ0) is 19.1. The molecule has 1 fully saturated rings. The van der Waals surface area contributed by atoms with E-state index in [0.29, 0.717) is 18.0 Å². The highest BCUT2D eigenvalue weighted by atomic mass is 16.7. The quantitative estimate of drug-likeness (QED) is 0.761. The van der Waals surface area contributed by atoms with Gasteiger partial charge in [0.05, 0.1) is 5.92 Å². The maximum atomic E-state index is 12.7. The van der Waals surface area contributed by atoms with E-state index >= 15 is 0 Å². The van der Waals surface area contributed by atoms with Crippen LogP contribution in [0.1, 0.15) is 6.42 Å². The molecule has 2 aliphatic rings. The van der Waals surface area contributed by atoms with Crippen molar-refractivity contribution in [3.05, 3.63) is 60.7 Å². The van der Waals surface area contributed by atoms with Gasteiger partial charge in [-0.05, 0) is 35.0 Å². The molecular weight excluding hydrogens is 356 g/mol. The average Bonchev–Trinajstić information content (AvgIpc) is 3.33. The molecule has 3 aromatic rings. The molecule has 0 aliphatic carbocycles. The van der Waals surface area contributed by atoms with Crippen molar-refractivity contribution in [1.29, 1.82) is 0 Å². The molecule has 2 aliphatic heterocycles. The van der Waals surface area contributed by atoms with Crippen LogP contribution in [0.3, 0.4) is 0 Å². The van der Waals surface area contributed by atoms with Gasteiger partial charge in [-0.3, -0.25) is 9.59 Å². The first-order chi connectivity index (χ1) is 13.7. The smallest absolute Gasteiger partial charge is 0.231 e. The second-order valence-electron chi connectivity index (χ2n) is 6.99. The van der Waals surface area contributed by atoms with Crippen molar-refractivity contribution in [3.63, 3.8) is 0 Å². The molecule has 1 unspecified atom stereocenters. The van der Waals surface area contributed by atoms with Crippen LogP contribution >= 0.6 is 0 Å². The van der Waals surface area contributed by atoms with E-state index in [2.05, 4.69) is 5.32 Å². The number of hydrogen-bond donors (Lipinski definition) is 1. The third kappa shape index (κ3) is 2.93. The number of carbonyl (C=O) groups excluding carboxylic acids is 2. The van der Waals surface area contributed by atoms with Crippen LogP contribution in [0.4, 0.5) is 11.4 Å². The van der Waals surface area contributed by atoms with Crippen LogP contribution < -0.4 is 19.7 Å². The van der Waals surface area contributed by atoms with Crippen molar-refractivity contribution in [3.8, 4) is 11.5 Å². The summed E-state index contributed by atoms with van der Waals surface area (Å²) in [5.74, 6) is 0.671. The first kappa shape index (κ1) is 16.6. The first-order valence-electron chi connectivity index (χ1n) is 9.17. The zero-order valence-electron chi connectivity index (χ0n) is 15.1. The Morgan fingerprint density at radius 1 is 0.964 bits per heavy atom. The van der Waals surface area contributed by atoms with Crippen molar-refractivity contribution < 1.29 is 19.1 Å². The second-order valence-corrected chi connectivity index (χ2v) is 6.99. The highest BCUT2D eigenvalue weighted by Gasteiger charge is 2.35. The van der Waals surface area contributed by atoms with Gasteiger partial charge < -0.3 is 19.7 Å². The molecule has 2 amide bonds. The molecule has 0 spiro atoms. The minimum atomic E-state index is -0.399. The fourth-order valence-electron chi connectivity index (χ4n) is 3.70. The van der Waals surface area contributed by atoms with E-state index in [4.69, 9.17) is 9.47 Å². The number of benzene rings is 3. The minimum Gasteiger partial charge on any atom is -0.454 e. The number of anilines is 2. The fourth-order valence-corrected chi connectivity index (χ4v) is 3.70. The Labute approximate surface area is 161 Å². The number of amides is 2. The molecule has 1 N–H and O–H groups in total. The molecule has 0 aromatic heterocycles. The van der Waals surface area contributed by atoms with Crippen LogP contribution in [0.5, 0.6) is 11.5 Å². The Morgan fingerprint density at radius 2 is 1.79 bits per heavy atom. The monoisotopic (exact) mass is 374 g/mol. The van der Waals surface area contributed by atoms with E-state index in [-0.39, 0.29) is 25.0 Å². The van der Waals surface area contributed by atoms with Crippen molar-refractivity contribution in [2.45, 2.75) is 6.42 Å². The summed E-state index contributed by atoms with van der Waals surface area (Å²) in [6.07, 6.45) is 0.188. The van der Waals surface area contributed by atoms with Gasteiger partial charge in [-0.2, -0.15) is 0 Å².